The van der Waals surface area contributed by atoms with Gasteiger partial charge in [-0.1, -0.05) is 12.1 Å². The van der Waals surface area contributed by atoms with Crippen molar-refractivity contribution in [3.63, 3.8) is 0 Å². The third kappa shape index (κ3) is 2.57. The average Bonchev–Trinajstić information content (AvgIpc) is 2.70. The van der Waals surface area contributed by atoms with E-state index in [1.165, 1.54) is 23.9 Å². The van der Waals surface area contributed by atoms with Crippen LogP contribution in [0.15, 0.2) is 58.3 Å². The van der Waals surface area contributed by atoms with Gasteiger partial charge in [-0.3, -0.25) is 4.79 Å². The van der Waals surface area contributed by atoms with E-state index in [-0.39, 0.29) is 22.8 Å². The molecule has 0 atom stereocenters. The first kappa shape index (κ1) is 14.9. The van der Waals surface area contributed by atoms with Gasteiger partial charge in [0.05, 0.1) is 5.56 Å². The summed E-state index contributed by atoms with van der Waals surface area (Å²) >= 11 is 1.43. The molecule has 2 aromatic carbocycles. The fourth-order valence-electron chi connectivity index (χ4n) is 2.24. The predicted octanol–water partition coefficient (Wildman–Crippen LogP) is 2.33. The van der Waals surface area contributed by atoms with Gasteiger partial charge in [0, 0.05) is 17.2 Å². The van der Waals surface area contributed by atoms with Crippen molar-refractivity contribution >= 4 is 27.7 Å². The molecule has 0 spiro atoms. The number of amides is 1. The number of thioether (sulfide) groups is 1. The summed E-state index contributed by atoms with van der Waals surface area (Å²) in [6.45, 7) is 0.112. The van der Waals surface area contributed by atoms with Gasteiger partial charge in [0.15, 0.2) is 0 Å². The molecule has 22 heavy (non-hydrogen) atoms. The van der Waals surface area contributed by atoms with Crippen LogP contribution in [0.25, 0.3) is 0 Å². The van der Waals surface area contributed by atoms with Crippen LogP contribution in [0.4, 0.5) is 0 Å². The molecule has 7 heteroatoms. The molecular formula is C15H13NO4S2. The summed E-state index contributed by atoms with van der Waals surface area (Å²) in [6, 6.07) is 12.9. The number of phenolic OH excluding ortho intramolecular Hbond substituents is 1. The number of phenols is 1. The Morgan fingerprint density at radius 3 is 2.41 bits per heavy atom. The molecule has 0 radical (unpaired) electrons. The molecule has 1 amide bonds. The smallest absolute Gasteiger partial charge is 0.269 e. The Morgan fingerprint density at radius 1 is 1.05 bits per heavy atom. The molecule has 1 N–H and O–H groups in total. The number of aromatic hydroxyl groups is 1. The van der Waals surface area contributed by atoms with Crippen molar-refractivity contribution in [3.8, 4) is 5.75 Å². The van der Waals surface area contributed by atoms with Gasteiger partial charge in [-0.15, -0.1) is 11.8 Å². The van der Waals surface area contributed by atoms with Gasteiger partial charge < -0.3 is 5.11 Å². The Kier molecular flexibility index (Phi) is 3.84. The van der Waals surface area contributed by atoms with Crippen LogP contribution in [-0.4, -0.2) is 36.0 Å². The molecule has 0 aliphatic carbocycles. The van der Waals surface area contributed by atoms with Gasteiger partial charge in [-0.25, -0.2) is 12.7 Å². The number of carbonyl (C=O) groups is 1. The minimum atomic E-state index is -3.73. The maximum Gasteiger partial charge on any atom is 0.269 e. The van der Waals surface area contributed by atoms with E-state index in [1.807, 2.05) is 0 Å². The molecule has 0 aromatic heterocycles. The maximum atomic E-state index is 12.3. The van der Waals surface area contributed by atoms with E-state index in [1.54, 1.807) is 36.4 Å². The highest BCUT2D eigenvalue weighted by Gasteiger charge is 2.40. The van der Waals surface area contributed by atoms with Crippen molar-refractivity contribution in [1.82, 2.24) is 4.31 Å². The molecule has 0 saturated carbocycles. The zero-order chi connectivity index (χ0) is 15.7. The summed E-state index contributed by atoms with van der Waals surface area (Å²) in [6.07, 6.45) is 0. The summed E-state index contributed by atoms with van der Waals surface area (Å²) in [7, 11) is -3.73. The summed E-state index contributed by atoms with van der Waals surface area (Å²) in [5, 5.41) is 9.22. The summed E-state index contributed by atoms with van der Waals surface area (Å²) in [5.74, 6) is 0.156. The van der Waals surface area contributed by atoms with Crippen LogP contribution in [0.5, 0.6) is 5.75 Å². The molecule has 0 bridgehead atoms. The van der Waals surface area contributed by atoms with E-state index in [4.69, 9.17) is 0 Å². The zero-order valence-corrected chi connectivity index (χ0v) is 13.1. The molecule has 1 aliphatic rings. The molecule has 0 saturated heterocycles. The molecular weight excluding hydrogens is 322 g/mol. The largest absolute Gasteiger partial charge is 0.508 e. The summed E-state index contributed by atoms with van der Waals surface area (Å²) in [5.41, 5.74) is 0.233. The second kappa shape index (κ2) is 5.66. The Bertz CT molecular complexity index is 816. The molecule has 114 valence electrons. The fourth-order valence-corrected chi connectivity index (χ4v) is 4.76. The van der Waals surface area contributed by atoms with Crippen LogP contribution in [-0.2, 0) is 10.0 Å². The normalized spacial score (nSPS) is 15.8. The molecule has 1 aliphatic heterocycles. The van der Waals surface area contributed by atoms with Gasteiger partial charge in [-0.2, -0.15) is 0 Å². The second-order valence-corrected chi connectivity index (χ2v) is 7.72. The van der Waals surface area contributed by atoms with Gasteiger partial charge in [-0.05, 0) is 36.4 Å². The van der Waals surface area contributed by atoms with E-state index in [9.17, 15) is 18.3 Å². The van der Waals surface area contributed by atoms with Gasteiger partial charge in [0.25, 0.3) is 15.9 Å². The Labute approximate surface area is 132 Å². The van der Waals surface area contributed by atoms with E-state index >= 15 is 0 Å². The highest BCUT2D eigenvalue weighted by atomic mass is 32.2. The minimum absolute atomic E-state index is 0.0784. The standard InChI is InChI=1S/C15H13NO4S2/c17-11-5-7-12(8-6-11)21-10-9-16-15(18)13-3-1-2-4-14(13)22(16,19)20/h1-8,17H,9-10H2. The monoisotopic (exact) mass is 335 g/mol. The lowest BCUT2D eigenvalue weighted by Gasteiger charge is -2.14. The van der Waals surface area contributed by atoms with Crippen LogP contribution in [0.2, 0.25) is 0 Å². The number of fused-ring (bicyclic) bond motifs is 1. The number of carbonyl (C=O) groups excluding carboxylic acids is 1. The third-order valence-corrected chi connectivity index (χ3v) is 6.14. The van der Waals surface area contributed by atoms with Gasteiger partial charge in [0.2, 0.25) is 0 Å². The Balaban J connectivity index is 1.71. The van der Waals surface area contributed by atoms with Crippen LogP contribution in [0.1, 0.15) is 10.4 Å². The van der Waals surface area contributed by atoms with Crippen molar-refractivity contribution in [2.75, 3.05) is 12.3 Å². The molecule has 2 aromatic rings. The Morgan fingerprint density at radius 2 is 1.73 bits per heavy atom. The van der Waals surface area contributed by atoms with Crippen LogP contribution in [0.3, 0.4) is 0 Å². The van der Waals surface area contributed by atoms with E-state index < -0.39 is 15.9 Å². The molecule has 5 nitrogen and oxygen atoms in total. The maximum absolute atomic E-state index is 12.3. The van der Waals surface area contributed by atoms with Gasteiger partial charge >= 0.3 is 0 Å². The van der Waals surface area contributed by atoms with Crippen molar-refractivity contribution in [1.29, 1.82) is 0 Å². The number of rotatable bonds is 4. The average molecular weight is 335 g/mol. The molecule has 3 rings (SSSR count). The second-order valence-electron chi connectivity index (χ2n) is 4.72. The van der Waals surface area contributed by atoms with E-state index in [0.717, 1.165) is 9.20 Å². The third-order valence-electron chi connectivity index (χ3n) is 3.31. The van der Waals surface area contributed by atoms with Crippen molar-refractivity contribution in [2.45, 2.75) is 9.79 Å². The quantitative estimate of drug-likeness (QED) is 0.868. The van der Waals surface area contributed by atoms with Crippen molar-refractivity contribution < 1.29 is 18.3 Å². The van der Waals surface area contributed by atoms with E-state index in [2.05, 4.69) is 0 Å². The fraction of sp³-hybridized carbons (Fsp3) is 0.133. The van der Waals surface area contributed by atoms with Crippen molar-refractivity contribution in [2.24, 2.45) is 0 Å². The highest BCUT2D eigenvalue weighted by Crippen LogP contribution is 2.30. The first-order valence-corrected chi connectivity index (χ1v) is 9.00. The highest BCUT2D eigenvalue weighted by molar-refractivity contribution is 7.99. The topological polar surface area (TPSA) is 74.7 Å². The lowest BCUT2D eigenvalue weighted by molar-refractivity contribution is 0.0876. The number of hydrogen-bond acceptors (Lipinski definition) is 5. The summed E-state index contributed by atoms with van der Waals surface area (Å²) < 4.78 is 25.6. The zero-order valence-electron chi connectivity index (χ0n) is 11.5. The van der Waals surface area contributed by atoms with E-state index in [0.29, 0.717) is 5.75 Å². The number of sulfonamides is 1. The molecule has 1 heterocycles. The molecule has 0 fully saturated rings. The Hall–Kier alpha value is -1.99. The number of hydrogen-bond donors (Lipinski definition) is 1. The molecule has 0 unspecified atom stereocenters. The first-order chi connectivity index (χ1) is 10.5. The lowest BCUT2D eigenvalue weighted by atomic mass is 10.2. The first-order valence-electron chi connectivity index (χ1n) is 6.58. The SMILES string of the molecule is O=C1c2ccccc2S(=O)(=O)N1CCSc1ccc(O)cc1. The van der Waals surface area contributed by atoms with Crippen LogP contribution in [0, 0.1) is 0 Å². The summed E-state index contributed by atoms with van der Waals surface area (Å²) in [4.78, 5) is 13.2. The number of nitrogens with zero attached hydrogens (tertiary/aromatic N) is 1. The van der Waals surface area contributed by atoms with Crippen LogP contribution < -0.4 is 0 Å². The van der Waals surface area contributed by atoms with Crippen LogP contribution >= 0.6 is 11.8 Å². The minimum Gasteiger partial charge on any atom is -0.508 e. The predicted molar refractivity (Wildman–Crippen MR) is 83.5 cm³/mol. The number of benzene rings is 2. The lowest BCUT2D eigenvalue weighted by Crippen LogP contribution is -2.32. The van der Waals surface area contributed by atoms with Crippen molar-refractivity contribution in [3.05, 3.63) is 54.1 Å². The van der Waals surface area contributed by atoms with Gasteiger partial charge in [0.1, 0.15) is 10.6 Å².